The molecule has 0 spiro atoms. The Balaban J connectivity index is 0.00000112. The second kappa shape index (κ2) is 4.94. The molecule has 68 valence electrons. The van der Waals surface area contributed by atoms with Crippen molar-refractivity contribution in [1.82, 2.24) is 0 Å². The van der Waals surface area contributed by atoms with Crippen molar-refractivity contribution in [2.24, 2.45) is 0 Å². The van der Waals surface area contributed by atoms with E-state index in [2.05, 4.69) is 5.92 Å². The molecule has 15 heavy (non-hydrogen) atoms. The predicted octanol–water partition coefficient (Wildman–Crippen LogP) is -0.210. The van der Waals surface area contributed by atoms with Gasteiger partial charge in [0.1, 0.15) is 5.75 Å². The normalized spacial score (nSPS) is 9.07. The minimum absolute atomic E-state index is 0. The molecule has 0 atom stereocenters. The van der Waals surface area contributed by atoms with Crippen molar-refractivity contribution in [2.75, 3.05) is 7.11 Å². The van der Waals surface area contributed by atoms with Crippen LogP contribution in [0, 0.1) is 12.3 Å². The first-order chi connectivity index (χ1) is 6.85. The van der Waals surface area contributed by atoms with Crippen LogP contribution in [-0.2, 0) is 0 Å². The predicted molar refractivity (Wildman–Crippen MR) is 56.7 cm³/mol. The average Bonchev–Trinajstić information content (AvgIpc) is 2.27. The molecule has 0 amide bonds. The van der Waals surface area contributed by atoms with Crippen LogP contribution in [0.1, 0.15) is 5.56 Å². The van der Waals surface area contributed by atoms with Crippen LogP contribution in [0.25, 0.3) is 10.8 Å². The fourth-order valence-electron chi connectivity index (χ4n) is 1.50. The summed E-state index contributed by atoms with van der Waals surface area (Å²) in [5, 5.41) is 2.10. The van der Waals surface area contributed by atoms with Gasteiger partial charge in [-0.15, -0.1) is 11.6 Å². The number of methoxy groups -OCH3 is 1. The Morgan fingerprint density at radius 1 is 1.20 bits per heavy atom. The second-order valence-electron chi connectivity index (χ2n) is 3.02. The van der Waals surface area contributed by atoms with Crippen molar-refractivity contribution < 1.29 is 23.6 Å². The molecule has 2 aromatic rings. The summed E-state index contributed by atoms with van der Waals surface area (Å²) in [6.45, 7) is 0. The summed E-state index contributed by atoms with van der Waals surface area (Å²) < 4.78 is 5.13. The van der Waals surface area contributed by atoms with Crippen LogP contribution >= 0.6 is 0 Å². The maximum atomic E-state index is 7.14. The summed E-state index contributed by atoms with van der Waals surface area (Å²) >= 11 is 0. The molecule has 0 saturated carbocycles. The number of hydrogen-bond donors (Lipinski definition) is 0. The number of rotatable bonds is 1. The van der Waals surface area contributed by atoms with Crippen molar-refractivity contribution >= 4 is 10.8 Å². The van der Waals surface area contributed by atoms with Crippen molar-refractivity contribution in [3.63, 3.8) is 0 Å². The molecule has 2 aromatic carbocycles. The summed E-state index contributed by atoms with van der Waals surface area (Å²) in [7, 11) is 1.65. The van der Waals surface area contributed by atoms with Crippen LogP contribution in [0.15, 0.2) is 36.4 Å². The van der Waals surface area contributed by atoms with Gasteiger partial charge < -0.3 is 11.2 Å². The van der Waals surface area contributed by atoms with E-state index in [1.54, 1.807) is 7.11 Å². The Morgan fingerprint density at radius 2 is 2.00 bits per heavy atom. The fraction of sp³-hybridized carbons (Fsp3) is 0.0769. The third kappa shape index (κ3) is 2.18. The van der Waals surface area contributed by atoms with Gasteiger partial charge in [0, 0.05) is 0 Å². The minimum Gasteiger partial charge on any atom is -0.497 e. The van der Waals surface area contributed by atoms with E-state index in [0.29, 0.717) is 0 Å². The van der Waals surface area contributed by atoms with E-state index in [1.165, 1.54) is 0 Å². The molecule has 1 nitrogen and oxygen atoms in total. The van der Waals surface area contributed by atoms with Crippen molar-refractivity contribution in [1.29, 1.82) is 0 Å². The van der Waals surface area contributed by atoms with Crippen LogP contribution in [-0.4, -0.2) is 7.11 Å². The smallest absolute Gasteiger partial charge is 0.497 e. The summed E-state index contributed by atoms with van der Waals surface area (Å²) in [5.41, 5.74) is 0.810. The second-order valence-corrected chi connectivity index (χ2v) is 3.02. The van der Waals surface area contributed by atoms with Crippen LogP contribution in [0.2, 0.25) is 0 Å². The quantitative estimate of drug-likeness (QED) is 0.342. The van der Waals surface area contributed by atoms with E-state index in [-0.39, 0.29) is 18.9 Å². The van der Waals surface area contributed by atoms with E-state index >= 15 is 0 Å². The standard InChI is InChI=1S/C13H9O.Li/c1-3-10-5-4-6-11-9-12(14-2)7-8-13(10)11;/h4-9H,2H3;/q-1;+1. The van der Waals surface area contributed by atoms with E-state index in [9.17, 15) is 0 Å². The van der Waals surface area contributed by atoms with Gasteiger partial charge in [0.2, 0.25) is 0 Å². The minimum atomic E-state index is 0. The van der Waals surface area contributed by atoms with E-state index in [0.717, 1.165) is 22.1 Å². The van der Waals surface area contributed by atoms with E-state index in [1.807, 2.05) is 36.4 Å². The SMILES string of the molecule is [C-]#Cc1cccc2cc(OC)ccc12.[Li+]. The van der Waals surface area contributed by atoms with E-state index < -0.39 is 0 Å². The summed E-state index contributed by atoms with van der Waals surface area (Å²) in [6.07, 6.45) is 7.14. The molecule has 0 unspecified atom stereocenters. The molecule has 0 bridgehead atoms. The number of fused-ring (bicyclic) bond motifs is 1. The Bertz CT molecular complexity index is 511. The molecule has 2 rings (SSSR count). The third-order valence-electron chi connectivity index (χ3n) is 2.22. The molecule has 0 saturated heterocycles. The number of ether oxygens (including phenoxy) is 1. The molecule has 0 aliphatic rings. The van der Waals surface area contributed by atoms with Gasteiger partial charge in [-0.05, 0) is 17.5 Å². The maximum absolute atomic E-state index is 7.14. The zero-order chi connectivity index (χ0) is 9.97. The first kappa shape index (κ1) is 11.7. The largest absolute Gasteiger partial charge is 1.00 e. The van der Waals surface area contributed by atoms with Crippen LogP contribution < -0.4 is 23.6 Å². The maximum Gasteiger partial charge on any atom is 1.00 e. The number of hydrogen-bond acceptors (Lipinski definition) is 1. The van der Waals surface area contributed by atoms with Crippen molar-refractivity contribution in [2.45, 2.75) is 0 Å². The number of benzene rings is 2. The third-order valence-corrected chi connectivity index (χ3v) is 2.22. The first-order valence-electron chi connectivity index (χ1n) is 4.34. The van der Waals surface area contributed by atoms with Crippen LogP contribution in [0.4, 0.5) is 0 Å². The van der Waals surface area contributed by atoms with Gasteiger partial charge in [-0.3, -0.25) is 5.92 Å². The van der Waals surface area contributed by atoms with Crippen molar-refractivity contribution in [3.05, 3.63) is 48.4 Å². The van der Waals surface area contributed by atoms with Crippen LogP contribution in [0.3, 0.4) is 0 Å². The fourth-order valence-corrected chi connectivity index (χ4v) is 1.50. The zero-order valence-electron chi connectivity index (χ0n) is 8.87. The Kier molecular flexibility index (Phi) is 3.86. The topological polar surface area (TPSA) is 9.23 Å². The van der Waals surface area contributed by atoms with Gasteiger partial charge in [-0.1, -0.05) is 23.6 Å². The Morgan fingerprint density at radius 3 is 2.67 bits per heavy atom. The summed E-state index contributed by atoms with van der Waals surface area (Å²) in [5.74, 6) is 3.25. The zero-order valence-corrected chi connectivity index (χ0v) is 8.87. The van der Waals surface area contributed by atoms with Gasteiger partial charge in [0.25, 0.3) is 0 Å². The van der Waals surface area contributed by atoms with Gasteiger partial charge in [0.15, 0.2) is 0 Å². The van der Waals surface area contributed by atoms with Gasteiger partial charge in [-0.2, -0.15) is 0 Å². The molecular formula is C13H9LiO. The molecule has 2 heteroatoms. The van der Waals surface area contributed by atoms with Gasteiger partial charge in [0.05, 0.1) is 7.11 Å². The van der Waals surface area contributed by atoms with Gasteiger partial charge in [-0.25, -0.2) is 0 Å². The monoisotopic (exact) mass is 188 g/mol. The van der Waals surface area contributed by atoms with Crippen LogP contribution in [0.5, 0.6) is 5.75 Å². The van der Waals surface area contributed by atoms with E-state index in [4.69, 9.17) is 11.2 Å². The Hall–Kier alpha value is -1.34. The molecule has 0 heterocycles. The first-order valence-corrected chi connectivity index (χ1v) is 4.34. The average molecular weight is 188 g/mol. The van der Waals surface area contributed by atoms with Gasteiger partial charge >= 0.3 is 18.9 Å². The summed E-state index contributed by atoms with van der Waals surface area (Å²) in [4.78, 5) is 0. The molecule has 0 radical (unpaired) electrons. The molecule has 0 aliphatic carbocycles. The van der Waals surface area contributed by atoms with Crippen molar-refractivity contribution in [3.8, 4) is 11.7 Å². The molecular weight excluding hydrogens is 179 g/mol. The molecule has 0 aliphatic heterocycles. The molecule has 0 N–H and O–H groups in total. The molecule has 0 fully saturated rings. The summed E-state index contributed by atoms with van der Waals surface area (Å²) in [6, 6.07) is 11.6. The Labute approximate surface area is 102 Å². The molecule has 0 aromatic heterocycles.